The molecule has 6 nitrogen and oxygen atoms in total. The van der Waals surface area contributed by atoms with E-state index in [0.717, 1.165) is 10.2 Å². The number of aromatic nitrogens is 1. The van der Waals surface area contributed by atoms with Crippen LogP contribution >= 0.6 is 11.3 Å². The molecule has 7 heteroatoms. The van der Waals surface area contributed by atoms with Crippen LogP contribution in [0.2, 0.25) is 0 Å². The molecule has 0 radical (unpaired) electrons. The van der Waals surface area contributed by atoms with E-state index in [2.05, 4.69) is 4.98 Å². The van der Waals surface area contributed by atoms with Crippen LogP contribution in [0, 0.1) is 0 Å². The summed E-state index contributed by atoms with van der Waals surface area (Å²) in [6.07, 6.45) is -1.44. The smallest absolute Gasteiger partial charge is 0.254 e. The molecule has 0 bridgehead atoms. The lowest BCUT2D eigenvalue weighted by Gasteiger charge is -2.27. The fourth-order valence-electron chi connectivity index (χ4n) is 2.41. The second-order valence-corrected chi connectivity index (χ2v) is 6.61. The molecule has 0 saturated heterocycles. The average Bonchev–Trinajstić information content (AvgIpc) is 3.27. The number of benzene rings is 1. The Morgan fingerprint density at radius 3 is 2.67 bits per heavy atom. The molecule has 0 fully saturated rings. The summed E-state index contributed by atoms with van der Waals surface area (Å²) in [4.78, 5) is 18.1. The number of amides is 1. The van der Waals surface area contributed by atoms with Gasteiger partial charge in [-0.05, 0) is 31.2 Å². The maximum absolute atomic E-state index is 12.5. The van der Waals surface area contributed by atoms with Crippen molar-refractivity contribution in [3.63, 3.8) is 0 Å². The van der Waals surface area contributed by atoms with Crippen molar-refractivity contribution in [3.05, 3.63) is 53.4 Å². The van der Waals surface area contributed by atoms with Crippen molar-refractivity contribution < 1.29 is 19.4 Å². The highest BCUT2D eigenvalue weighted by Crippen LogP contribution is 2.29. The van der Waals surface area contributed by atoms with E-state index < -0.39 is 18.1 Å². The number of hydrogen-bond acceptors (Lipinski definition) is 6. The number of aliphatic hydroxyl groups excluding tert-OH is 2. The normalized spacial score (nSPS) is 15.2. The predicted octanol–water partition coefficient (Wildman–Crippen LogP) is 2.50. The second-order valence-electron chi connectivity index (χ2n) is 5.55. The van der Waals surface area contributed by atoms with Gasteiger partial charge in [-0.1, -0.05) is 12.1 Å². The molecule has 0 spiro atoms. The molecule has 0 aliphatic carbocycles. The summed E-state index contributed by atoms with van der Waals surface area (Å²) in [5.74, 6) is 0.0122. The lowest BCUT2D eigenvalue weighted by Crippen LogP contribution is -2.41. The Bertz CT molecular complexity index is 797. The highest BCUT2D eigenvalue weighted by molar-refractivity contribution is 7.18. The minimum Gasteiger partial charge on any atom is -0.467 e. The van der Waals surface area contributed by atoms with Crippen LogP contribution in [0.15, 0.2) is 47.1 Å². The van der Waals surface area contributed by atoms with Crippen molar-refractivity contribution in [2.45, 2.75) is 25.2 Å². The summed E-state index contributed by atoms with van der Waals surface area (Å²) >= 11 is 1.26. The second kappa shape index (κ2) is 6.72. The van der Waals surface area contributed by atoms with Gasteiger partial charge in [0.1, 0.15) is 16.9 Å². The molecule has 3 rings (SSSR count). The van der Waals surface area contributed by atoms with Gasteiger partial charge in [0.2, 0.25) is 0 Å². The van der Waals surface area contributed by atoms with Crippen LogP contribution in [0.5, 0.6) is 0 Å². The molecule has 0 unspecified atom stereocenters. The number of furan rings is 1. The third-order valence-electron chi connectivity index (χ3n) is 4.00. The van der Waals surface area contributed by atoms with E-state index in [0.29, 0.717) is 10.8 Å². The Morgan fingerprint density at radius 2 is 2.00 bits per heavy atom. The van der Waals surface area contributed by atoms with Gasteiger partial charge >= 0.3 is 0 Å². The maximum Gasteiger partial charge on any atom is 0.254 e. The van der Waals surface area contributed by atoms with Crippen LogP contribution in [0.4, 0.5) is 0 Å². The van der Waals surface area contributed by atoms with Crippen LogP contribution in [0.1, 0.15) is 29.8 Å². The van der Waals surface area contributed by atoms with E-state index in [1.807, 2.05) is 24.3 Å². The van der Waals surface area contributed by atoms with Gasteiger partial charge in [-0.25, -0.2) is 4.98 Å². The van der Waals surface area contributed by atoms with Crippen molar-refractivity contribution in [2.75, 3.05) is 7.05 Å². The van der Waals surface area contributed by atoms with Crippen molar-refractivity contribution >= 4 is 27.5 Å². The Morgan fingerprint density at radius 1 is 1.25 bits per heavy atom. The van der Waals surface area contributed by atoms with Gasteiger partial charge in [0.15, 0.2) is 6.10 Å². The van der Waals surface area contributed by atoms with Gasteiger partial charge in [0.05, 0.1) is 22.5 Å². The molecular formula is C17H18N2O4S. The first kappa shape index (κ1) is 16.6. The van der Waals surface area contributed by atoms with Gasteiger partial charge in [-0.15, -0.1) is 11.3 Å². The van der Waals surface area contributed by atoms with Crippen molar-refractivity contribution in [1.29, 1.82) is 0 Å². The number of carbonyl (C=O) groups is 1. The average molecular weight is 346 g/mol. The molecule has 2 heterocycles. The quantitative estimate of drug-likeness (QED) is 0.741. The standard InChI is InChI=1S/C17H18N2O4S/c1-10(12-7-5-9-23-12)19(2)17(22)15(21)14(20)16-18-11-6-3-4-8-13(11)24-16/h3-10,14-15,20-21H,1-2H3/t10-,14-,15+/m1/s1. The van der Waals surface area contributed by atoms with E-state index in [9.17, 15) is 15.0 Å². The SMILES string of the molecule is C[C@H](c1ccco1)N(C)C(=O)[C@@H](O)[C@@H](O)c1nc2ccccc2s1. The molecule has 2 N–H and O–H groups in total. The number of aliphatic hydroxyl groups is 2. The molecule has 126 valence electrons. The fourth-order valence-corrected chi connectivity index (χ4v) is 3.39. The first-order chi connectivity index (χ1) is 11.5. The van der Waals surface area contributed by atoms with E-state index in [-0.39, 0.29) is 6.04 Å². The Balaban J connectivity index is 1.76. The van der Waals surface area contributed by atoms with Crippen LogP contribution in [-0.4, -0.2) is 39.2 Å². The number of hydrogen-bond donors (Lipinski definition) is 2. The number of nitrogens with zero attached hydrogens (tertiary/aromatic N) is 2. The molecule has 0 saturated carbocycles. The van der Waals surface area contributed by atoms with Gasteiger partial charge < -0.3 is 19.5 Å². The number of rotatable bonds is 5. The van der Waals surface area contributed by atoms with Gasteiger partial charge in [-0.2, -0.15) is 0 Å². The summed E-state index contributed by atoms with van der Waals surface area (Å²) in [6, 6.07) is 10.5. The molecule has 24 heavy (non-hydrogen) atoms. The number of para-hydroxylation sites is 1. The fraction of sp³-hybridized carbons (Fsp3) is 0.294. The highest BCUT2D eigenvalue weighted by Gasteiger charge is 2.33. The van der Waals surface area contributed by atoms with E-state index >= 15 is 0 Å². The van der Waals surface area contributed by atoms with Crippen LogP contribution in [0.25, 0.3) is 10.2 Å². The molecule has 1 aromatic carbocycles. The molecule has 2 aromatic heterocycles. The van der Waals surface area contributed by atoms with Gasteiger partial charge in [0.25, 0.3) is 5.91 Å². The number of carbonyl (C=O) groups excluding carboxylic acids is 1. The summed E-state index contributed by atoms with van der Waals surface area (Å²) in [6.45, 7) is 1.79. The summed E-state index contributed by atoms with van der Waals surface area (Å²) in [7, 11) is 1.56. The maximum atomic E-state index is 12.5. The minimum atomic E-state index is -1.59. The zero-order chi connectivity index (χ0) is 17.3. The number of fused-ring (bicyclic) bond motifs is 1. The third-order valence-corrected chi connectivity index (χ3v) is 5.11. The molecular weight excluding hydrogens is 328 g/mol. The molecule has 0 aliphatic rings. The first-order valence-corrected chi connectivity index (χ1v) is 8.32. The topological polar surface area (TPSA) is 86.8 Å². The Hall–Kier alpha value is -2.22. The number of likely N-dealkylation sites (N-methyl/N-ethyl adjacent to an activating group) is 1. The summed E-state index contributed by atoms with van der Waals surface area (Å²) in [5.41, 5.74) is 0.730. The Kier molecular flexibility index (Phi) is 4.66. The zero-order valence-electron chi connectivity index (χ0n) is 13.3. The molecule has 3 atom stereocenters. The number of thiazole rings is 1. The largest absolute Gasteiger partial charge is 0.467 e. The molecule has 0 aliphatic heterocycles. The van der Waals surface area contributed by atoms with Crippen LogP contribution < -0.4 is 0 Å². The van der Waals surface area contributed by atoms with Gasteiger partial charge in [-0.3, -0.25) is 4.79 Å². The van der Waals surface area contributed by atoms with E-state index in [4.69, 9.17) is 4.42 Å². The van der Waals surface area contributed by atoms with E-state index in [1.165, 1.54) is 22.5 Å². The first-order valence-electron chi connectivity index (χ1n) is 7.50. The van der Waals surface area contributed by atoms with Crippen molar-refractivity contribution in [3.8, 4) is 0 Å². The predicted molar refractivity (Wildman–Crippen MR) is 90.5 cm³/mol. The monoisotopic (exact) mass is 346 g/mol. The van der Waals surface area contributed by atoms with Crippen LogP contribution in [-0.2, 0) is 4.79 Å². The highest BCUT2D eigenvalue weighted by atomic mass is 32.1. The van der Waals surface area contributed by atoms with Crippen molar-refractivity contribution in [2.24, 2.45) is 0 Å². The Labute approximate surface area is 143 Å². The van der Waals surface area contributed by atoms with Crippen molar-refractivity contribution in [1.82, 2.24) is 9.88 Å². The summed E-state index contributed by atoms with van der Waals surface area (Å²) in [5, 5.41) is 20.9. The zero-order valence-corrected chi connectivity index (χ0v) is 14.1. The summed E-state index contributed by atoms with van der Waals surface area (Å²) < 4.78 is 6.18. The minimum absolute atomic E-state index is 0.316. The van der Waals surface area contributed by atoms with E-state index in [1.54, 1.807) is 26.1 Å². The third kappa shape index (κ3) is 3.06. The molecule has 3 aromatic rings. The van der Waals surface area contributed by atoms with Gasteiger partial charge in [0, 0.05) is 7.05 Å². The lowest BCUT2D eigenvalue weighted by atomic mass is 10.1. The van der Waals surface area contributed by atoms with Crippen LogP contribution in [0.3, 0.4) is 0 Å². The molecule has 1 amide bonds. The lowest BCUT2D eigenvalue weighted by molar-refractivity contribution is -0.147.